The van der Waals surface area contributed by atoms with Gasteiger partial charge < -0.3 is 28.2 Å². The van der Waals surface area contributed by atoms with Gasteiger partial charge in [-0.15, -0.1) is 0 Å². The minimum Gasteiger partial charge on any atom is -0.475 e. The van der Waals surface area contributed by atoms with E-state index in [1.165, 1.54) is 44.4 Å². The van der Waals surface area contributed by atoms with Crippen molar-refractivity contribution < 1.29 is 52.3 Å². The molecule has 2 heterocycles. The van der Waals surface area contributed by atoms with E-state index in [2.05, 4.69) is 9.15 Å². The topological polar surface area (TPSA) is 186 Å². The van der Waals surface area contributed by atoms with Gasteiger partial charge in [-0.3, -0.25) is 19.7 Å². The van der Waals surface area contributed by atoms with Crippen LogP contribution in [0.25, 0.3) is 0 Å². The molecule has 0 aliphatic heterocycles. The highest BCUT2D eigenvalue weighted by Crippen LogP contribution is 2.25. The molecule has 2 aromatic heterocycles. The third-order valence-electron chi connectivity index (χ3n) is 4.15. The number of Topliss-reactive ketones (excluding diaryl/α,β-unsaturated/α-hetero) is 1. The molecule has 0 aliphatic rings. The van der Waals surface area contributed by atoms with Gasteiger partial charge in [0, 0.05) is 20.1 Å². The number of hydrogen-bond acceptors (Lipinski definition) is 11. The fourth-order valence-electron chi connectivity index (χ4n) is 2.66. The van der Waals surface area contributed by atoms with Crippen molar-refractivity contribution in [2.75, 3.05) is 7.11 Å². The number of methoxy groups -OCH3 is 1. The first kappa shape index (κ1) is 26.5. The number of ether oxygens (including phenoxy) is 3. The van der Waals surface area contributed by atoms with Crippen molar-refractivity contribution >= 4 is 29.9 Å². The van der Waals surface area contributed by atoms with Crippen molar-refractivity contribution in [3.05, 3.63) is 81.0 Å². The van der Waals surface area contributed by atoms with Crippen LogP contribution >= 0.6 is 0 Å². The Labute approximate surface area is 196 Å². The van der Waals surface area contributed by atoms with Gasteiger partial charge in [-0.25, -0.2) is 9.59 Å². The van der Waals surface area contributed by atoms with E-state index in [1.54, 1.807) is 12.1 Å². The number of rotatable bonds is 10. The monoisotopic (exact) mass is 489 g/mol. The number of para-hydroxylation sites is 1. The Hall–Kier alpha value is -4.78. The SMILES string of the molecule is COCc1cccc(COC(=O)c2ccc(C(C)=O)o2)c1[N+](=O)[O-].O=COc1ccc(C(=O)O)o1. The molecule has 0 spiro atoms. The molecule has 184 valence electrons. The molecule has 13 nitrogen and oxygen atoms in total. The van der Waals surface area contributed by atoms with Crippen molar-refractivity contribution in [3.8, 4) is 5.95 Å². The van der Waals surface area contributed by atoms with Gasteiger partial charge in [0.2, 0.25) is 11.5 Å². The number of aromatic carboxylic acids is 1. The number of ketones is 1. The van der Waals surface area contributed by atoms with Crippen LogP contribution in [-0.4, -0.2) is 41.3 Å². The fourth-order valence-corrected chi connectivity index (χ4v) is 2.66. The lowest BCUT2D eigenvalue weighted by atomic mass is 10.1. The Bertz CT molecular complexity index is 1220. The molecule has 0 bridgehead atoms. The summed E-state index contributed by atoms with van der Waals surface area (Å²) < 4.78 is 23.8. The van der Waals surface area contributed by atoms with E-state index in [-0.39, 0.29) is 59.9 Å². The minimum absolute atomic E-state index is 0.0371. The number of hydrogen-bond donors (Lipinski definition) is 1. The predicted octanol–water partition coefficient (Wildman–Crippen LogP) is 3.41. The van der Waals surface area contributed by atoms with E-state index in [0.29, 0.717) is 5.56 Å². The number of nitro groups is 1. The summed E-state index contributed by atoms with van der Waals surface area (Å²) in [6.07, 6.45) is 0. The Balaban J connectivity index is 0.000000328. The van der Waals surface area contributed by atoms with E-state index in [9.17, 15) is 29.3 Å². The molecular weight excluding hydrogens is 470 g/mol. The maximum atomic E-state index is 11.9. The second kappa shape index (κ2) is 12.5. The third-order valence-corrected chi connectivity index (χ3v) is 4.15. The maximum absolute atomic E-state index is 11.9. The molecule has 0 aliphatic carbocycles. The summed E-state index contributed by atoms with van der Waals surface area (Å²) in [5, 5.41) is 19.6. The van der Waals surface area contributed by atoms with Crippen LogP contribution in [0.5, 0.6) is 5.95 Å². The molecule has 0 amide bonds. The fraction of sp³-hybridized carbons (Fsp3) is 0.182. The quantitative estimate of drug-likeness (QED) is 0.144. The maximum Gasteiger partial charge on any atom is 0.374 e. The summed E-state index contributed by atoms with van der Waals surface area (Å²) in [5.41, 5.74) is 0.463. The summed E-state index contributed by atoms with van der Waals surface area (Å²) in [5.74, 6) is -2.83. The largest absolute Gasteiger partial charge is 0.475 e. The normalized spacial score (nSPS) is 10.0. The number of furan rings is 2. The van der Waals surface area contributed by atoms with Crippen LogP contribution in [0.15, 0.2) is 51.3 Å². The first-order valence-corrected chi connectivity index (χ1v) is 9.63. The van der Waals surface area contributed by atoms with Crippen molar-refractivity contribution in [3.63, 3.8) is 0 Å². The Kier molecular flexibility index (Phi) is 9.42. The second-order valence-corrected chi connectivity index (χ2v) is 6.55. The van der Waals surface area contributed by atoms with E-state index < -0.39 is 16.9 Å². The predicted molar refractivity (Wildman–Crippen MR) is 114 cm³/mol. The lowest BCUT2D eigenvalue weighted by Crippen LogP contribution is -2.07. The Morgan fingerprint density at radius 1 is 1.00 bits per heavy atom. The van der Waals surface area contributed by atoms with Gasteiger partial charge >= 0.3 is 18.4 Å². The summed E-state index contributed by atoms with van der Waals surface area (Å²) in [7, 11) is 1.43. The average Bonchev–Trinajstić information content (AvgIpc) is 3.49. The molecule has 0 fully saturated rings. The zero-order valence-electron chi connectivity index (χ0n) is 18.4. The van der Waals surface area contributed by atoms with Crippen LogP contribution in [-0.2, 0) is 27.5 Å². The first-order valence-electron chi connectivity index (χ1n) is 9.63. The van der Waals surface area contributed by atoms with Gasteiger partial charge in [0.15, 0.2) is 11.5 Å². The highest BCUT2D eigenvalue weighted by molar-refractivity contribution is 5.93. The number of esters is 1. The van der Waals surface area contributed by atoms with E-state index in [0.717, 1.165) is 0 Å². The van der Waals surface area contributed by atoms with Crippen LogP contribution in [0.4, 0.5) is 5.69 Å². The molecule has 13 heteroatoms. The second-order valence-electron chi connectivity index (χ2n) is 6.55. The van der Waals surface area contributed by atoms with Crippen molar-refractivity contribution in [1.82, 2.24) is 0 Å². The number of nitro benzene ring substituents is 1. The average molecular weight is 489 g/mol. The van der Waals surface area contributed by atoms with Gasteiger partial charge in [-0.2, -0.15) is 0 Å². The molecule has 3 rings (SSSR count). The first-order chi connectivity index (χ1) is 16.7. The molecule has 1 aromatic carbocycles. The molecule has 1 N–H and O–H groups in total. The molecule has 3 aromatic rings. The summed E-state index contributed by atoms with van der Waals surface area (Å²) in [6, 6.07) is 9.80. The van der Waals surface area contributed by atoms with Crippen LogP contribution in [0, 0.1) is 10.1 Å². The number of carbonyl (C=O) groups is 4. The molecular formula is C22H19NO12. The number of nitrogens with zero attached hydrogens (tertiary/aromatic N) is 1. The van der Waals surface area contributed by atoms with Crippen LogP contribution < -0.4 is 4.74 Å². The van der Waals surface area contributed by atoms with Crippen LogP contribution in [0.2, 0.25) is 0 Å². The number of carboxylic acid groups (broad SMARTS) is 1. The van der Waals surface area contributed by atoms with Gasteiger partial charge in [0.25, 0.3) is 11.6 Å². The highest BCUT2D eigenvalue weighted by atomic mass is 16.6. The Morgan fingerprint density at radius 3 is 2.14 bits per heavy atom. The lowest BCUT2D eigenvalue weighted by molar-refractivity contribution is -0.386. The molecule has 35 heavy (non-hydrogen) atoms. The zero-order chi connectivity index (χ0) is 26.0. The minimum atomic E-state index is -1.20. The zero-order valence-corrected chi connectivity index (χ0v) is 18.4. The van der Waals surface area contributed by atoms with E-state index in [4.69, 9.17) is 19.0 Å². The van der Waals surface area contributed by atoms with Crippen molar-refractivity contribution in [2.24, 2.45) is 0 Å². The molecule has 0 saturated heterocycles. The summed E-state index contributed by atoms with van der Waals surface area (Å²) in [6.45, 7) is 1.23. The molecule has 0 saturated carbocycles. The molecule has 0 unspecified atom stereocenters. The summed E-state index contributed by atoms with van der Waals surface area (Å²) >= 11 is 0. The number of carbonyl (C=O) groups excluding carboxylic acids is 3. The van der Waals surface area contributed by atoms with Crippen molar-refractivity contribution in [2.45, 2.75) is 20.1 Å². The van der Waals surface area contributed by atoms with Gasteiger partial charge in [0.05, 0.1) is 22.7 Å². The van der Waals surface area contributed by atoms with E-state index in [1.807, 2.05) is 0 Å². The third kappa shape index (κ3) is 7.36. The summed E-state index contributed by atoms with van der Waals surface area (Å²) in [4.78, 5) is 53.7. The van der Waals surface area contributed by atoms with Gasteiger partial charge in [0.1, 0.15) is 6.61 Å². The lowest BCUT2D eigenvalue weighted by Gasteiger charge is -2.08. The standard InChI is InChI=1S/C16H15NO7.C6H4O5/c1-10(18)13-6-7-14(24-13)16(19)23-9-12-5-3-4-11(8-22-2)15(12)17(20)21;7-3-10-5-2-1-4(11-5)6(8)9/h3-7H,8-9H2,1-2H3;1-3H,(H,8,9). The van der Waals surface area contributed by atoms with Crippen molar-refractivity contribution in [1.29, 1.82) is 0 Å². The molecule has 0 atom stereocenters. The van der Waals surface area contributed by atoms with E-state index >= 15 is 0 Å². The number of carboxylic acids is 1. The highest BCUT2D eigenvalue weighted by Gasteiger charge is 2.22. The number of benzene rings is 1. The van der Waals surface area contributed by atoms with Crippen LogP contribution in [0.1, 0.15) is 49.7 Å². The Morgan fingerprint density at radius 2 is 1.63 bits per heavy atom. The molecule has 0 radical (unpaired) electrons. The van der Waals surface area contributed by atoms with Crippen LogP contribution in [0.3, 0.4) is 0 Å². The smallest absolute Gasteiger partial charge is 0.374 e. The van der Waals surface area contributed by atoms with Gasteiger partial charge in [-0.1, -0.05) is 6.07 Å². The van der Waals surface area contributed by atoms with Gasteiger partial charge in [-0.05, 0) is 30.3 Å².